The van der Waals surface area contributed by atoms with Crippen LogP contribution in [0.15, 0.2) is 0 Å². The Morgan fingerprint density at radius 3 is 2.26 bits per heavy atom. The molecule has 0 aromatic carbocycles. The molecule has 4 aliphatic heterocycles. The predicted octanol–water partition coefficient (Wildman–Crippen LogP) is 3.44. The van der Waals surface area contributed by atoms with E-state index in [1.54, 1.807) is 0 Å². The van der Waals surface area contributed by atoms with Crippen LogP contribution in [0.4, 0.5) is 0 Å². The van der Waals surface area contributed by atoms with E-state index in [1.807, 2.05) is 0 Å². The van der Waals surface area contributed by atoms with Crippen molar-refractivity contribution in [1.29, 1.82) is 0 Å². The quantitative estimate of drug-likeness (QED) is 0.584. The fraction of sp³-hybridized carbons (Fsp3) is 1.00. The minimum Gasteiger partial charge on any atom is -0.316 e. The zero-order chi connectivity index (χ0) is 22.5. The molecule has 0 radical (unpaired) electrons. The molecule has 7 fully saturated rings. The van der Waals surface area contributed by atoms with Crippen LogP contribution in [0.1, 0.15) is 89.9 Å². The van der Waals surface area contributed by atoms with Gasteiger partial charge in [0.25, 0.3) is 0 Å². The molecular formula is C28H49N5O. The number of nitrogens with one attached hydrogen (secondary N) is 3. The van der Waals surface area contributed by atoms with Gasteiger partial charge in [-0.2, -0.15) is 5.48 Å². The number of fused-ring (bicyclic) bond motifs is 3. The molecule has 4 saturated heterocycles. The lowest BCUT2D eigenvalue weighted by Crippen LogP contribution is -2.61. The molecule has 0 spiro atoms. The average Bonchev–Trinajstić information content (AvgIpc) is 3.47. The number of likely N-dealkylation sites (tertiary alicyclic amines) is 2. The summed E-state index contributed by atoms with van der Waals surface area (Å²) in [4.78, 5) is 12.0. The van der Waals surface area contributed by atoms with Crippen LogP contribution in [-0.4, -0.2) is 72.5 Å². The van der Waals surface area contributed by atoms with E-state index in [0.717, 1.165) is 36.0 Å². The lowest BCUT2D eigenvalue weighted by Gasteiger charge is -2.50. The van der Waals surface area contributed by atoms with E-state index in [4.69, 9.17) is 4.84 Å². The van der Waals surface area contributed by atoms with Gasteiger partial charge in [0.15, 0.2) is 0 Å². The van der Waals surface area contributed by atoms with Crippen molar-refractivity contribution in [3.8, 4) is 0 Å². The van der Waals surface area contributed by atoms with Crippen molar-refractivity contribution in [3.63, 3.8) is 0 Å². The second-order valence-corrected chi connectivity index (χ2v) is 13.1. The molecule has 7 atom stereocenters. The van der Waals surface area contributed by atoms with Gasteiger partial charge < -0.3 is 5.32 Å². The number of hydrogen-bond donors (Lipinski definition) is 3. The first-order valence-corrected chi connectivity index (χ1v) is 15.2. The molecular weight excluding hydrogens is 422 g/mol. The second kappa shape index (κ2) is 9.90. The van der Waals surface area contributed by atoms with Crippen LogP contribution in [0.5, 0.6) is 0 Å². The van der Waals surface area contributed by atoms with E-state index in [0.29, 0.717) is 18.0 Å². The minimum atomic E-state index is 0.245. The standard InChI is InChI=1S/C28H49N5O/c1-3-7-19(8-4-1)28-30-27(31-34-28)20-17-32(18-20)22-11-12-25-23(15-22)24-16-29-14-13-26(24)33(25)21-9-5-2-6-10-21/h19-31H,1-18H2. The van der Waals surface area contributed by atoms with Gasteiger partial charge in [0, 0.05) is 49.1 Å². The van der Waals surface area contributed by atoms with Gasteiger partial charge >= 0.3 is 0 Å². The van der Waals surface area contributed by atoms with Crippen molar-refractivity contribution >= 4 is 0 Å². The molecule has 6 heteroatoms. The van der Waals surface area contributed by atoms with Crippen LogP contribution in [0.25, 0.3) is 0 Å². The Bertz CT molecular complexity index is 688. The van der Waals surface area contributed by atoms with Gasteiger partial charge in [-0.3, -0.25) is 20.0 Å². The molecule has 7 aliphatic rings. The highest BCUT2D eigenvalue weighted by Gasteiger charge is 2.54. The Kier molecular flexibility index (Phi) is 6.68. The largest absolute Gasteiger partial charge is 0.316 e. The van der Waals surface area contributed by atoms with E-state index in [1.165, 1.54) is 116 Å². The van der Waals surface area contributed by atoms with Crippen LogP contribution < -0.4 is 16.1 Å². The maximum atomic E-state index is 6.04. The van der Waals surface area contributed by atoms with Gasteiger partial charge in [0.1, 0.15) is 6.23 Å². The minimum absolute atomic E-state index is 0.245. The molecule has 0 amide bonds. The number of nitrogens with zero attached hydrogens (tertiary/aromatic N) is 2. The summed E-state index contributed by atoms with van der Waals surface area (Å²) >= 11 is 0. The highest BCUT2D eigenvalue weighted by molar-refractivity contribution is 5.08. The number of piperidine rings is 1. The Hall–Kier alpha value is -0.240. The topological polar surface area (TPSA) is 51.8 Å². The highest BCUT2D eigenvalue weighted by atomic mass is 16.7. The van der Waals surface area contributed by atoms with Gasteiger partial charge in [0.05, 0.1) is 6.17 Å². The van der Waals surface area contributed by atoms with Crippen molar-refractivity contribution in [3.05, 3.63) is 0 Å². The first kappa shape index (κ1) is 22.9. The molecule has 192 valence electrons. The summed E-state index contributed by atoms with van der Waals surface area (Å²) in [5.41, 5.74) is 3.39. The molecule has 3 saturated carbocycles. The number of hydroxylamine groups is 1. The SMILES string of the molecule is C1CCC(C2NC(C3CN(C4CCC5C(C4)C4CNCCC4N5C4CCCCC4)C3)NO2)CC1. The van der Waals surface area contributed by atoms with Crippen molar-refractivity contribution in [1.82, 2.24) is 25.9 Å². The molecule has 34 heavy (non-hydrogen) atoms. The summed E-state index contributed by atoms with van der Waals surface area (Å²) in [7, 11) is 0. The van der Waals surface area contributed by atoms with Crippen molar-refractivity contribution in [2.45, 2.75) is 126 Å². The van der Waals surface area contributed by atoms with Crippen LogP contribution in [0, 0.1) is 23.7 Å². The van der Waals surface area contributed by atoms with E-state index >= 15 is 0 Å². The van der Waals surface area contributed by atoms with Crippen molar-refractivity contribution in [2.24, 2.45) is 23.7 Å². The Balaban J connectivity index is 0.949. The number of rotatable bonds is 4. The van der Waals surface area contributed by atoms with Gasteiger partial charge in [-0.1, -0.05) is 38.5 Å². The normalized spacial score (nSPS) is 45.7. The van der Waals surface area contributed by atoms with Gasteiger partial charge in [-0.25, -0.2) is 0 Å². The molecule has 6 nitrogen and oxygen atoms in total. The average molecular weight is 472 g/mol. The summed E-state index contributed by atoms with van der Waals surface area (Å²) in [6.45, 7) is 5.03. The molecule has 7 unspecified atom stereocenters. The van der Waals surface area contributed by atoms with Crippen molar-refractivity contribution in [2.75, 3.05) is 26.2 Å². The summed E-state index contributed by atoms with van der Waals surface area (Å²) in [6.07, 6.45) is 20.6. The summed E-state index contributed by atoms with van der Waals surface area (Å²) in [6, 6.07) is 3.48. The number of hydrogen-bond acceptors (Lipinski definition) is 6. The van der Waals surface area contributed by atoms with Gasteiger partial charge in [-0.15, -0.1) is 0 Å². The molecule has 7 rings (SSSR count). The van der Waals surface area contributed by atoms with Crippen LogP contribution >= 0.6 is 0 Å². The predicted molar refractivity (Wildman–Crippen MR) is 135 cm³/mol. The summed E-state index contributed by atoms with van der Waals surface area (Å²) in [5, 5.41) is 7.62. The van der Waals surface area contributed by atoms with E-state index in [-0.39, 0.29) is 6.23 Å². The van der Waals surface area contributed by atoms with E-state index < -0.39 is 0 Å². The van der Waals surface area contributed by atoms with Gasteiger partial charge in [-0.05, 0) is 76.3 Å². The first-order valence-electron chi connectivity index (χ1n) is 15.2. The Morgan fingerprint density at radius 2 is 1.44 bits per heavy atom. The lowest BCUT2D eigenvalue weighted by atomic mass is 9.73. The maximum absolute atomic E-state index is 6.04. The smallest absolute Gasteiger partial charge is 0.133 e. The monoisotopic (exact) mass is 471 g/mol. The fourth-order valence-corrected chi connectivity index (χ4v) is 9.52. The van der Waals surface area contributed by atoms with Gasteiger partial charge in [0.2, 0.25) is 0 Å². The third kappa shape index (κ3) is 4.18. The molecule has 0 aromatic heterocycles. The maximum Gasteiger partial charge on any atom is 0.133 e. The third-order valence-corrected chi connectivity index (χ3v) is 11.3. The molecule has 3 aliphatic carbocycles. The van der Waals surface area contributed by atoms with E-state index in [9.17, 15) is 0 Å². The summed E-state index contributed by atoms with van der Waals surface area (Å²) < 4.78 is 0. The summed E-state index contributed by atoms with van der Waals surface area (Å²) in [5.74, 6) is 3.25. The van der Waals surface area contributed by atoms with Crippen molar-refractivity contribution < 1.29 is 4.84 Å². The van der Waals surface area contributed by atoms with Crippen LogP contribution in [0.2, 0.25) is 0 Å². The Morgan fingerprint density at radius 1 is 0.676 bits per heavy atom. The third-order valence-electron chi connectivity index (χ3n) is 11.3. The molecule has 4 heterocycles. The second-order valence-electron chi connectivity index (χ2n) is 13.1. The Labute approximate surface area is 207 Å². The van der Waals surface area contributed by atoms with E-state index in [2.05, 4.69) is 25.9 Å². The lowest BCUT2D eigenvalue weighted by molar-refractivity contribution is -0.0391. The molecule has 0 bridgehead atoms. The zero-order valence-corrected chi connectivity index (χ0v) is 21.3. The molecule has 3 N–H and O–H groups in total. The first-order chi connectivity index (χ1) is 16.8. The fourth-order valence-electron chi connectivity index (χ4n) is 9.52. The van der Waals surface area contributed by atoms with Crippen LogP contribution in [0.3, 0.4) is 0 Å². The molecule has 0 aromatic rings. The highest BCUT2D eigenvalue weighted by Crippen LogP contribution is 2.49. The zero-order valence-electron chi connectivity index (χ0n) is 21.3. The van der Waals surface area contributed by atoms with Crippen LogP contribution in [-0.2, 0) is 4.84 Å².